The van der Waals surface area contributed by atoms with Crippen LogP contribution in [-0.2, 0) is 12.7 Å². The third-order valence-corrected chi connectivity index (χ3v) is 7.42. The molecule has 0 radical (unpaired) electrons. The summed E-state index contributed by atoms with van der Waals surface area (Å²) in [7, 11) is 0. The van der Waals surface area contributed by atoms with Crippen molar-refractivity contribution in [3.8, 4) is 0 Å². The molecule has 42 heavy (non-hydrogen) atoms. The molecule has 2 aromatic heterocycles. The fourth-order valence-electron chi connectivity index (χ4n) is 4.44. The smallest absolute Gasteiger partial charge is 0.321 e. The average Bonchev–Trinajstić information content (AvgIpc) is 3.20. The van der Waals surface area contributed by atoms with E-state index in [2.05, 4.69) is 36.6 Å². The average molecular weight is 657 g/mol. The number of para-hydroxylation sites is 1. The molecule has 7 nitrogen and oxygen atoms in total. The number of rotatable bonds is 6. The largest absolute Gasteiger partial charge is 0.433 e. The second kappa shape index (κ2) is 11.6. The van der Waals surface area contributed by atoms with Gasteiger partial charge in [-0.3, -0.25) is 14.3 Å². The molecule has 0 aliphatic rings. The highest BCUT2D eigenvalue weighted by atomic mass is 79.9. The van der Waals surface area contributed by atoms with Crippen LogP contribution in [0.25, 0.3) is 10.9 Å². The van der Waals surface area contributed by atoms with E-state index in [-0.39, 0.29) is 22.4 Å². The maximum atomic E-state index is 13.5. The molecule has 0 saturated carbocycles. The Hall–Kier alpha value is -4.22. The van der Waals surface area contributed by atoms with Crippen LogP contribution in [0.5, 0.6) is 0 Å². The first kappa shape index (κ1) is 29.3. The molecular weight excluding hydrogens is 635 g/mol. The van der Waals surface area contributed by atoms with E-state index >= 15 is 0 Å². The van der Waals surface area contributed by atoms with Crippen LogP contribution in [0.4, 0.5) is 24.5 Å². The van der Waals surface area contributed by atoms with E-state index in [1.807, 2.05) is 0 Å². The van der Waals surface area contributed by atoms with E-state index in [1.165, 1.54) is 6.07 Å². The summed E-state index contributed by atoms with van der Waals surface area (Å²) >= 11 is 9.43. The third-order valence-electron chi connectivity index (χ3n) is 6.60. The summed E-state index contributed by atoms with van der Waals surface area (Å²) in [5.41, 5.74) is 2.01. The first-order valence-corrected chi connectivity index (χ1v) is 13.8. The molecule has 0 fully saturated rings. The topological polar surface area (TPSA) is 88.9 Å². The molecule has 3 aromatic carbocycles. The second-order valence-corrected chi connectivity index (χ2v) is 10.8. The number of nitrogens with one attached hydrogen (secondary N) is 2. The number of halogens is 5. The van der Waals surface area contributed by atoms with Crippen LogP contribution in [0.1, 0.15) is 43.4 Å². The number of hydrogen-bond acceptors (Lipinski definition) is 4. The summed E-state index contributed by atoms with van der Waals surface area (Å²) in [6.45, 7) is 3.78. The number of fused-ring (bicyclic) bond motifs is 1. The maximum absolute atomic E-state index is 13.5. The normalized spacial score (nSPS) is 11.5. The van der Waals surface area contributed by atoms with Crippen LogP contribution in [0.2, 0.25) is 5.02 Å². The van der Waals surface area contributed by atoms with Crippen molar-refractivity contribution >= 4 is 61.6 Å². The monoisotopic (exact) mass is 655 g/mol. The number of nitrogens with zero attached hydrogens (tertiary/aromatic N) is 3. The Labute approximate surface area is 251 Å². The zero-order valence-corrected chi connectivity index (χ0v) is 24.5. The van der Waals surface area contributed by atoms with E-state index in [9.17, 15) is 22.8 Å². The summed E-state index contributed by atoms with van der Waals surface area (Å²) in [5.74, 6) is -1.03. The molecule has 0 aliphatic carbocycles. The highest BCUT2D eigenvalue weighted by Crippen LogP contribution is 2.33. The molecule has 0 aliphatic heterocycles. The summed E-state index contributed by atoms with van der Waals surface area (Å²) in [5, 5.41) is 10.7. The quantitative estimate of drug-likeness (QED) is 0.194. The van der Waals surface area contributed by atoms with Crippen LogP contribution in [0, 0.1) is 13.8 Å². The van der Waals surface area contributed by atoms with Crippen molar-refractivity contribution in [1.82, 2.24) is 14.8 Å². The van der Waals surface area contributed by atoms with Gasteiger partial charge in [0.2, 0.25) is 0 Å². The summed E-state index contributed by atoms with van der Waals surface area (Å²) in [6.07, 6.45) is -4.72. The van der Waals surface area contributed by atoms with E-state index < -0.39 is 17.8 Å². The van der Waals surface area contributed by atoms with Gasteiger partial charge in [0.15, 0.2) is 0 Å². The van der Waals surface area contributed by atoms with Gasteiger partial charge >= 0.3 is 6.18 Å². The standard InChI is InChI=1S/C30H22BrClF3N5O2/c1-16-27(38-29(42)22-14-26(30(33,34)35)36-24-12-11-20(31)13-21(22)24)17(2)40(39-16)15-18-7-9-19(10-8-18)28(41)37-25-6-4-3-5-23(25)32/h3-14H,15H2,1-2H3,(H,37,41)(H,38,42). The van der Waals surface area contributed by atoms with Gasteiger partial charge in [0.25, 0.3) is 11.8 Å². The van der Waals surface area contributed by atoms with Crippen molar-refractivity contribution < 1.29 is 22.8 Å². The van der Waals surface area contributed by atoms with E-state index in [0.29, 0.717) is 44.4 Å². The Kier molecular flexibility index (Phi) is 8.07. The molecular formula is C30H22BrClF3N5O2. The number of aromatic nitrogens is 3. The molecule has 0 unspecified atom stereocenters. The zero-order chi connectivity index (χ0) is 30.2. The van der Waals surface area contributed by atoms with Gasteiger partial charge in [0.1, 0.15) is 5.69 Å². The molecule has 2 heterocycles. The molecule has 0 spiro atoms. The number of carbonyl (C=O) groups excluding carboxylic acids is 2. The van der Waals surface area contributed by atoms with Gasteiger partial charge in [0.05, 0.1) is 45.4 Å². The van der Waals surface area contributed by atoms with Crippen molar-refractivity contribution in [2.45, 2.75) is 26.6 Å². The van der Waals surface area contributed by atoms with Crippen molar-refractivity contribution in [2.75, 3.05) is 10.6 Å². The molecule has 2 amide bonds. The Morgan fingerprint density at radius 1 is 0.952 bits per heavy atom. The number of anilines is 2. The molecule has 0 atom stereocenters. The molecule has 12 heteroatoms. The summed E-state index contributed by atoms with van der Waals surface area (Å²) in [4.78, 5) is 29.7. The number of amides is 2. The van der Waals surface area contributed by atoms with Gasteiger partial charge in [0, 0.05) is 15.4 Å². The van der Waals surface area contributed by atoms with Gasteiger partial charge in [-0.15, -0.1) is 0 Å². The van der Waals surface area contributed by atoms with Crippen LogP contribution in [0.3, 0.4) is 0 Å². The lowest BCUT2D eigenvalue weighted by Crippen LogP contribution is -2.17. The molecule has 0 bridgehead atoms. The van der Waals surface area contributed by atoms with Gasteiger partial charge in [-0.05, 0) is 67.9 Å². The number of pyridine rings is 1. The summed E-state index contributed by atoms with van der Waals surface area (Å²) in [6, 6.07) is 19.2. The highest BCUT2D eigenvalue weighted by molar-refractivity contribution is 9.10. The number of hydrogen-bond donors (Lipinski definition) is 2. The maximum Gasteiger partial charge on any atom is 0.433 e. The van der Waals surface area contributed by atoms with Gasteiger partial charge in [-0.25, -0.2) is 4.98 Å². The number of carbonyl (C=O) groups is 2. The van der Waals surface area contributed by atoms with E-state index in [0.717, 1.165) is 11.6 Å². The minimum atomic E-state index is -4.72. The Morgan fingerprint density at radius 2 is 1.67 bits per heavy atom. The van der Waals surface area contributed by atoms with E-state index in [4.69, 9.17) is 11.6 Å². The minimum absolute atomic E-state index is 0.0475. The van der Waals surface area contributed by atoms with Crippen molar-refractivity contribution in [2.24, 2.45) is 0 Å². The zero-order valence-electron chi connectivity index (χ0n) is 22.2. The van der Waals surface area contributed by atoms with Crippen LogP contribution >= 0.6 is 27.5 Å². The lowest BCUT2D eigenvalue weighted by molar-refractivity contribution is -0.141. The predicted molar refractivity (Wildman–Crippen MR) is 159 cm³/mol. The molecule has 0 saturated heterocycles. The molecule has 5 rings (SSSR count). The third kappa shape index (κ3) is 6.17. The number of alkyl halides is 3. The minimum Gasteiger partial charge on any atom is -0.321 e. The molecule has 2 N–H and O–H groups in total. The fourth-order valence-corrected chi connectivity index (χ4v) is 4.98. The number of benzene rings is 3. The lowest BCUT2D eigenvalue weighted by atomic mass is 10.1. The highest BCUT2D eigenvalue weighted by Gasteiger charge is 2.34. The van der Waals surface area contributed by atoms with Crippen molar-refractivity contribution in [3.63, 3.8) is 0 Å². The Bertz CT molecular complexity index is 1840. The van der Waals surface area contributed by atoms with Crippen LogP contribution in [-0.4, -0.2) is 26.6 Å². The van der Waals surface area contributed by atoms with Gasteiger partial charge < -0.3 is 10.6 Å². The van der Waals surface area contributed by atoms with Crippen LogP contribution in [0.15, 0.2) is 77.3 Å². The first-order valence-electron chi connectivity index (χ1n) is 12.6. The second-order valence-electron chi connectivity index (χ2n) is 9.50. The van der Waals surface area contributed by atoms with Crippen molar-refractivity contribution in [1.29, 1.82) is 0 Å². The molecule has 5 aromatic rings. The Balaban J connectivity index is 1.36. The summed E-state index contributed by atoms with van der Waals surface area (Å²) < 4.78 is 42.9. The molecule has 214 valence electrons. The predicted octanol–water partition coefficient (Wildman–Crippen LogP) is 8.04. The Morgan fingerprint density at radius 3 is 2.36 bits per heavy atom. The fraction of sp³-hybridized carbons (Fsp3) is 0.133. The van der Waals surface area contributed by atoms with Gasteiger partial charge in [-0.2, -0.15) is 18.3 Å². The number of aryl methyl sites for hydroxylation is 1. The lowest BCUT2D eigenvalue weighted by Gasteiger charge is -2.13. The van der Waals surface area contributed by atoms with Crippen LogP contribution < -0.4 is 10.6 Å². The van der Waals surface area contributed by atoms with Crippen molar-refractivity contribution in [3.05, 3.63) is 116 Å². The first-order chi connectivity index (χ1) is 19.9. The van der Waals surface area contributed by atoms with Gasteiger partial charge in [-0.1, -0.05) is 51.8 Å². The SMILES string of the molecule is Cc1nn(Cc2ccc(C(=O)Nc3ccccc3Cl)cc2)c(C)c1NC(=O)c1cc(C(F)(F)F)nc2ccc(Br)cc12. The van der Waals surface area contributed by atoms with E-state index in [1.54, 1.807) is 79.2 Å².